The molecule has 0 radical (unpaired) electrons. The first kappa shape index (κ1) is 44.4. The van der Waals surface area contributed by atoms with Crippen LogP contribution in [0.4, 0.5) is 0 Å². The monoisotopic (exact) mass is 653 g/mol. The highest BCUT2D eigenvalue weighted by Gasteiger charge is 2.19. The zero-order chi connectivity index (χ0) is 33.9. The Morgan fingerprint density at radius 1 is 0.413 bits per heavy atom. The maximum atomic E-state index is 12.6. The molecular weight excluding hydrogens is 576 g/mol. The Morgan fingerprint density at radius 3 is 1.07 bits per heavy atom. The van der Waals surface area contributed by atoms with Crippen LogP contribution >= 0.6 is 0 Å². The van der Waals surface area contributed by atoms with Crippen LogP contribution in [0.15, 0.2) is 0 Å². The Hall–Kier alpha value is -1.59. The molecule has 0 amide bonds. The molecule has 0 saturated heterocycles. The normalized spacial score (nSPS) is 11.9. The number of carbonyl (C=O) groups is 3. The highest BCUT2D eigenvalue weighted by Crippen LogP contribution is 2.15. The molecule has 0 unspecified atom stereocenters. The van der Waals surface area contributed by atoms with Gasteiger partial charge in [-0.05, 0) is 25.2 Å². The molecule has 0 N–H and O–H groups in total. The van der Waals surface area contributed by atoms with Crippen molar-refractivity contribution >= 4 is 17.9 Å². The molecule has 0 aromatic carbocycles. The molecule has 46 heavy (non-hydrogen) atoms. The van der Waals surface area contributed by atoms with Crippen LogP contribution in [0.25, 0.3) is 0 Å². The molecule has 0 heterocycles. The van der Waals surface area contributed by atoms with Crippen LogP contribution in [-0.4, -0.2) is 37.2 Å². The second kappa shape index (κ2) is 34.7. The minimum Gasteiger partial charge on any atom is -0.462 e. The van der Waals surface area contributed by atoms with Crippen molar-refractivity contribution in [3.63, 3.8) is 0 Å². The molecule has 0 aromatic heterocycles. The van der Waals surface area contributed by atoms with Crippen molar-refractivity contribution in [2.45, 2.75) is 220 Å². The number of unbranched alkanes of at least 4 members (excludes halogenated alkanes) is 22. The fourth-order valence-corrected chi connectivity index (χ4v) is 5.74. The van der Waals surface area contributed by atoms with Gasteiger partial charge in [-0.15, -0.1) is 0 Å². The maximum Gasteiger partial charge on any atom is 0.306 e. The van der Waals surface area contributed by atoms with Gasteiger partial charge in [-0.25, -0.2) is 0 Å². The fourth-order valence-electron chi connectivity index (χ4n) is 5.74. The molecule has 0 aromatic rings. The van der Waals surface area contributed by atoms with Crippen molar-refractivity contribution in [3.05, 3.63) is 0 Å². The molecule has 1 atom stereocenters. The first-order chi connectivity index (χ1) is 22.4. The molecule has 0 aliphatic rings. The standard InChI is InChI=1S/C40H76O6/c1-5-7-9-11-13-14-15-16-20-24-28-32-39(42)45-35-37(34-44-38(41)31-27-23-18-12-10-8-6-2)46-40(43)33-29-25-21-17-19-22-26-30-36(3)4/h36-37H,5-35H2,1-4H3/t37-/m0/s1. The van der Waals surface area contributed by atoms with Crippen LogP contribution in [-0.2, 0) is 28.6 Å². The highest BCUT2D eigenvalue weighted by molar-refractivity contribution is 5.71. The minimum atomic E-state index is -0.757. The van der Waals surface area contributed by atoms with Crippen LogP contribution in [0.1, 0.15) is 214 Å². The third kappa shape index (κ3) is 33.8. The quantitative estimate of drug-likeness (QED) is 0.0385. The van der Waals surface area contributed by atoms with Crippen LogP contribution in [0.3, 0.4) is 0 Å². The lowest BCUT2D eigenvalue weighted by Gasteiger charge is -2.18. The number of hydrogen-bond acceptors (Lipinski definition) is 6. The Balaban J connectivity index is 4.33. The average Bonchev–Trinajstić information content (AvgIpc) is 3.03. The van der Waals surface area contributed by atoms with Crippen LogP contribution in [0, 0.1) is 5.92 Å². The summed E-state index contributed by atoms with van der Waals surface area (Å²) in [6.45, 7) is 8.87. The molecule has 272 valence electrons. The van der Waals surface area contributed by atoms with E-state index in [2.05, 4.69) is 27.7 Å². The summed E-state index contributed by atoms with van der Waals surface area (Å²) < 4.78 is 16.6. The first-order valence-electron chi connectivity index (χ1n) is 19.9. The molecule has 6 nitrogen and oxygen atoms in total. The van der Waals surface area contributed by atoms with E-state index in [0.29, 0.717) is 19.3 Å². The SMILES string of the molecule is CCCCCCCCCCCCCC(=O)OC[C@H](COC(=O)CCCCCCCCC)OC(=O)CCCCCCCCCC(C)C. The largest absolute Gasteiger partial charge is 0.462 e. The Morgan fingerprint density at radius 2 is 0.717 bits per heavy atom. The zero-order valence-corrected chi connectivity index (χ0v) is 31.0. The molecular formula is C40H76O6. The molecule has 0 saturated carbocycles. The van der Waals surface area contributed by atoms with Crippen molar-refractivity contribution in [1.29, 1.82) is 0 Å². The molecule has 0 aliphatic carbocycles. The number of hydrogen-bond donors (Lipinski definition) is 0. The van der Waals surface area contributed by atoms with Gasteiger partial charge in [0.15, 0.2) is 6.10 Å². The predicted octanol–water partition coefficient (Wildman–Crippen LogP) is 12.0. The fraction of sp³-hybridized carbons (Fsp3) is 0.925. The number of rotatable bonds is 35. The van der Waals surface area contributed by atoms with Crippen LogP contribution in [0.2, 0.25) is 0 Å². The molecule has 0 aliphatic heterocycles. The van der Waals surface area contributed by atoms with E-state index in [0.717, 1.165) is 63.7 Å². The smallest absolute Gasteiger partial charge is 0.306 e. The Bertz CT molecular complexity index is 691. The summed E-state index contributed by atoms with van der Waals surface area (Å²) in [5, 5.41) is 0. The van der Waals surface area contributed by atoms with E-state index in [4.69, 9.17) is 14.2 Å². The van der Waals surface area contributed by atoms with E-state index in [-0.39, 0.29) is 31.1 Å². The molecule has 6 heteroatoms. The number of carbonyl (C=O) groups excluding carboxylic acids is 3. The molecule has 0 spiro atoms. The van der Waals surface area contributed by atoms with Gasteiger partial charge < -0.3 is 14.2 Å². The van der Waals surface area contributed by atoms with E-state index >= 15 is 0 Å². The van der Waals surface area contributed by atoms with Crippen molar-refractivity contribution in [2.24, 2.45) is 5.92 Å². The maximum absolute atomic E-state index is 12.6. The second-order valence-electron chi connectivity index (χ2n) is 14.0. The molecule has 0 fully saturated rings. The number of ether oxygens (including phenoxy) is 3. The van der Waals surface area contributed by atoms with E-state index in [9.17, 15) is 14.4 Å². The summed E-state index contributed by atoms with van der Waals surface area (Å²) in [5.41, 5.74) is 0. The summed E-state index contributed by atoms with van der Waals surface area (Å²) in [4.78, 5) is 37.3. The summed E-state index contributed by atoms with van der Waals surface area (Å²) in [6, 6.07) is 0. The third-order valence-corrected chi connectivity index (χ3v) is 8.79. The van der Waals surface area contributed by atoms with Gasteiger partial charge in [0.25, 0.3) is 0 Å². The van der Waals surface area contributed by atoms with E-state index in [1.165, 1.54) is 109 Å². The topological polar surface area (TPSA) is 78.9 Å². The lowest BCUT2D eigenvalue weighted by molar-refractivity contribution is -0.167. The lowest BCUT2D eigenvalue weighted by atomic mass is 10.0. The summed E-state index contributed by atoms with van der Waals surface area (Å²) in [7, 11) is 0. The van der Waals surface area contributed by atoms with Crippen LogP contribution in [0.5, 0.6) is 0 Å². The van der Waals surface area contributed by atoms with Crippen molar-refractivity contribution < 1.29 is 28.6 Å². The minimum absolute atomic E-state index is 0.0658. The van der Waals surface area contributed by atoms with E-state index < -0.39 is 6.10 Å². The molecule has 0 bridgehead atoms. The van der Waals surface area contributed by atoms with Gasteiger partial charge in [0, 0.05) is 19.3 Å². The van der Waals surface area contributed by atoms with Gasteiger partial charge in [-0.1, -0.05) is 175 Å². The van der Waals surface area contributed by atoms with Gasteiger partial charge in [-0.2, -0.15) is 0 Å². The van der Waals surface area contributed by atoms with Crippen molar-refractivity contribution in [1.82, 2.24) is 0 Å². The van der Waals surface area contributed by atoms with Gasteiger partial charge >= 0.3 is 17.9 Å². The van der Waals surface area contributed by atoms with Gasteiger partial charge in [-0.3, -0.25) is 14.4 Å². The predicted molar refractivity (Wildman–Crippen MR) is 192 cm³/mol. The van der Waals surface area contributed by atoms with E-state index in [1.807, 2.05) is 0 Å². The zero-order valence-electron chi connectivity index (χ0n) is 31.0. The third-order valence-electron chi connectivity index (χ3n) is 8.79. The van der Waals surface area contributed by atoms with Gasteiger partial charge in [0.1, 0.15) is 13.2 Å². The van der Waals surface area contributed by atoms with Gasteiger partial charge in [0.05, 0.1) is 0 Å². The van der Waals surface area contributed by atoms with Crippen molar-refractivity contribution in [2.75, 3.05) is 13.2 Å². The van der Waals surface area contributed by atoms with Gasteiger partial charge in [0.2, 0.25) is 0 Å². The van der Waals surface area contributed by atoms with Crippen molar-refractivity contribution in [3.8, 4) is 0 Å². The average molecular weight is 653 g/mol. The summed E-state index contributed by atoms with van der Waals surface area (Å²) in [5.74, 6) is -0.0946. The molecule has 0 rings (SSSR count). The van der Waals surface area contributed by atoms with E-state index in [1.54, 1.807) is 0 Å². The first-order valence-corrected chi connectivity index (χ1v) is 19.9. The Kier molecular flexibility index (Phi) is 33.5. The van der Waals surface area contributed by atoms with Crippen LogP contribution < -0.4 is 0 Å². The number of esters is 3. The summed E-state index contributed by atoms with van der Waals surface area (Å²) >= 11 is 0. The highest BCUT2D eigenvalue weighted by atomic mass is 16.6. The lowest BCUT2D eigenvalue weighted by Crippen LogP contribution is -2.30. The second-order valence-corrected chi connectivity index (χ2v) is 14.0. The Labute approximate surface area is 285 Å². The summed E-state index contributed by atoms with van der Waals surface area (Å²) in [6.07, 6.45) is 31.0.